The fourth-order valence-corrected chi connectivity index (χ4v) is 2.49. The third kappa shape index (κ3) is 3.08. The molecule has 0 aliphatic heterocycles. The summed E-state index contributed by atoms with van der Waals surface area (Å²) in [5.41, 5.74) is 1.17. The van der Waals surface area contributed by atoms with Crippen molar-refractivity contribution in [3.63, 3.8) is 0 Å². The van der Waals surface area contributed by atoms with Crippen LogP contribution in [-0.4, -0.2) is 23.2 Å². The standard InChI is InChI=1S/C16H23N3O/c1-4-19-12-11-18-16(19)14(17-3)15(20-5-2)13-9-7-6-8-10-13/h6-12,14-15,17H,4-5H2,1-3H3. The fourth-order valence-electron chi connectivity index (χ4n) is 2.49. The van der Waals surface area contributed by atoms with Gasteiger partial charge < -0.3 is 14.6 Å². The first-order valence-corrected chi connectivity index (χ1v) is 7.16. The summed E-state index contributed by atoms with van der Waals surface area (Å²) in [6, 6.07) is 10.3. The molecule has 0 fully saturated rings. The average Bonchev–Trinajstić information content (AvgIpc) is 2.96. The minimum atomic E-state index is -0.0427. The molecular formula is C16H23N3O. The highest BCUT2D eigenvalue weighted by molar-refractivity contribution is 5.21. The van der Waals surface area contributed by atoms with E-state index in [-0.39, 0.29) is 12.1 Å². The zero-order chi connectivity index (χ0) is 14.4. The second kappa shape index (κ2) is 7.22. The molecule has 1 aromatic carbocycles. The predicted molar refractivity (Wildman–Crippen MR) is 80.5 cm³/mol. The second-order valence-corrected chi connectivity index (χ2v) is 4.62. The Balaban J connectivity index is 2.35. The van der Waals surface area contributed by atoms with Crippen LogP contribution >= 0.6 is 0 Å². The van der Waals surface area contributed by atoms with Crippen LogP contribution in [0.3, 0.4) is 0 Å². The van der Waals surface area contributed by atoms with Gasteiger partial charge in [-0.05, 0) is 26.5 Å². The topological polar surface area (TPSA) is 39.1 Å². The summed E-state index contributed by atoms with van der Waals surface area (Å²) in [6.45, 7) is 5.72. The molecule has 108 valence electrons. The molecule has 2 unspecified atom stereocenters. The zero-order valence-corrected chi connectivity index (χ0v) is 12.4. The molecule has 2 aromatic rings. The van der Waals surface area contributed by atoms with Crippen molar-refractivity contribution >= 4 is 0 Å². The number of likely N-dealkylation sites (N-methyl/N-ethyl adjacent to an activating group) is 1. The van der Waals surface area contributed by atoms with Gasteiger partial charge in [0.25, 0.3) is 0 Å². The maximum atomic E-state index is 5.99. The van der Waals surface area contributed by atoms with Gasteiger partial charge in [0.15, 0.2) is 0 Å². The molecule has 0 bridgehead atoms. The Kier molecular flexibility index (Phi) is 5.32. The minimum absolute atomic E-state index is 0.0345. The summed E-state index contributed by atoms with van der Waals surface area (Å²) in [5.74, 6) is 1.01. The molecule has 0 saturated carbocycles. The van der Waals surface area contributed by atoms with Gasteiger partial charge in [0, 0.05) is 25.5 Å². The van der Waals surface area contributed by atoms with Crippen LogP contribution in [0.1, 0.15) is 37.4 Å². The Hall–Kier alpha value is -1.65. The number of aromatic nitrogens is 2. The highest BCUT2D eigenvalue weighted by atomic mass is 16.5. The lowest BCUT2D eigenvalue weighted by atomic mass is 10.0. The van der Waals surface area contributed by atoms with Crippen LogP contribution in [0.5, 0.6) is 0 Å². The lowest BCUT2D eigenvalue weighted by molar-refractivity contribution is 0.0316. The number of aryl methyl sites for hydroxylation is 1. The molecule has 0 saturated heterocycles. The van der Waals surface area contributed by atoms with Gasteiger partial charge in [0.2, 0.25) is 0 Å². The third-order valence-corrected chi connectivity index (χ3v) is 3.45. The molecule has 2 rings (SSSR count). The number of nitrogens with zero attached hydrogens (tertiary/aromatic N) is 2. The number of hydrogen-bond acceptors (Lipinski definition) is 3. The van der Waals surface area contributed by atoms with Crippen molar-refractivity contribution < 1.29 is 4.74 Å². The molecular weight excluding hydrogens is 250 g/mol. The van der Waals surface area contributed by atoms with Crippen molar-refractivity contribution in [2.75, 3.05) is 13.7 Å². The smallest absolute Gasteiger partial charge is 0.128 e. The maximum absolute atomic E-state index is 5.99. The number of rotatable bonds is 7. The normalized spacial score (nSPS) is 14.2. The van der Waals surface area contributed by atoms with Crippen LogP contribution in [0.25, 0.3) is 0 Å². The number of ether oxygens (including phenoxy) is 1. The van der Waals surface area contributed by atoms with E-state index in [2.05, 4.69) is 33.9 Å². The van der Waals surface area contributed by atoms with Crippen molar-refractivity contribution in [3.05, 3.63) is 54.1 Å². The maximum Gasteiger partial charge on any atom is 0.128 e. The minimum Gasteiger partial charge on any atom is -0.372 e. The van der Waals surface area contributed by atoms with Crippen molar-refractivity contribution in [1.82, 2.24) is 14.9 Å². The summed E-state index contributed by atoms with van der Waals surface area (Å²) in [6.07, 6.45) is 3.81. The number of nitrogens with one attached hydrogen (secondary N) is 1. The van der Waals surface area contributed by atoms with Crippen LogP contribution in [0.15, 0.2) is 42.7 Å². The Morgan fingerprint density at radius 1 is 1.25 bits per heavy atom. The Morgan fingerprint density at radius 2 is 2.00 bits per heavy atom. The van der Waals surface area contributed by atoms with Crippen LogP contribution in [-0.2, 0) is 11.3 Å². The van der Waals surface area contributed by atoms with E-state index in [1.54, 1.807) is 0 Å². The van der Waals surface area contributed by atoms with E-state index >= 15 is 0 Å². The van der Waals surface area contributed by atoms with Crippen molar-refractivity contribution in [2.45, 2.75) is 32.5 Å². The lowest BCUT2D eigenvalue weighted by Gasteiger charge is -2.27. The number of imidazole rings is 1. The first-order valence-electron chi connectivity index (χ1n) is 7.16. The quantitative estimate of drug-likeness (QED) is 0.843. The third-order valence-electron chi connectivity index (χ3n) is 3.45. The SMILES string of the molecule is CCOC(c1ccccc1)C(NC)c1nccn1CC. The molecule has 0 spiro atoms. The molecule has 1 heterocycles. The van der Waals surface area contributed by atoms with E-state index in [0.717, 1.165) is 12.4 Å². The summed E-state index contributed by atoms with van der Waals surface area (Å²) in [5, 5.41) is 3.35. The van der Waals surface area contributed by atoms with E-state index in [0.29, 0.717) is 6.61 Å². The van der Waals surface area contributed by atoms with Gasteiger partial charge in [-0.15, -0.1) is 0 Å². The molecule has 4 nitrogen and oxygen atoms in total. The second-order valence-electron chi connectivity index (χ2n) is 4.62. The monoisotopic (exact) mass is 273 g/mol. The summed E-state index contributed by atoms with van der Waals surface area (Å²) in [4.78, 5) is 4.51. The first kappa shape index (κ1) is 14.8. The Bertz CT molecular complexity index is 509. The molecule has 2 atom stereocenters. The molecule has 0 radical (unpaired) electrons. The van der Waals surface area contributed by atoms with Gasteiger partial charge in [0.05, 0.1) is 6.04 Å². The highest BCUT2D eigenvalue weighted by Crippen LogP contribution is 2.31. The van der Waals surface area contributed by atoms with E-state index in [9.17, 15) is 0 Å². The van der Waals surface area contributed by atoms with Crippen LogP contribution in [0.2, 0.25) is 0 Å². The molecule has 0 aliphatic carbocycles. The molecule has 1 N–H and O–H groups in total. The number of hydrogen-bond donors (Lipinski definition) is 1. The summed E-state index contributed by atoms with van der Waals surface area (Å²) >= 11 is 0. The van der Waals surface area contributed by atoms with Crippen molar-refractivity contribution in [2.24, 2.45) is 0 Å². The van der Waals surface area contributed by atoms with Gasteiger partial charge >= 0.3 is 0 Å². The van der Waals surface area contributed by atoms with Gasteiger partial charge in [-0.3, -0.25) is 0 Å². The van der Waals surface area contributed by atoms with Crippen molar-refractivity contribution in [3.8, 4) is 0 Å². The fraction of sp³-hybridized carbons (Fsp3) is 0.438. The molecule has 0 aliphatic rings. The predicted octanol–water partition coefficient (Wildman–Crippen LogP) is 2.94. The average molecular weight is 273 g/mol. The highest BCUT2D eigenvalue weighted by Gasteiger charge is 2.27. The largest absolute Gasteiger partial charge is 0.372 e. The van der Waals surface area contributed by atoms with E-state index in [4.69, 9.17) is 4.74 Å². The summed E-state index contributed by atoms with van der Waals surface area (Å²) in [7, 11) is 1.95. The molecule has 0 amide bonds. The first-order chi connectivity index (χ1) is 9.81. The van der Waals surface area contributed by atoms with Crippen molar-refractivity contribution in [1.29, 1.82) is 0 Å². The zero-order valence-electron chi connectivity index (χ0n) is 12.4. The van der Waals surface area contributed by atoms with Gasteiger partial charge in [-0.2, -0.15) is 0 Å². The lowest BCUT2D eigenvalue weighted by Crippen LogP contribution is -2.28. The Labute approximate surface area is 120 Å². The van der Waals surface area contributed by atoms with Gasteiger partial charge in [-0.1, -0.05) is 30.3 Å². The van der Waals surface area contributed by atoms with Gasteiger partial charge in [0.1, 0.15) is 11.9 Å². The van der Waals surface area contributed by atoms with E-state index in [1.807, 2.05) is 44.6 Å². The van der Waals surface area contributed by atoms with Crippen LogP contribution < -0.4 is 5.32 Å². The van der Waals surface area contributed by atoms with Crippen LogP contribution in [0.4, 0.5) is 0 Å². The van der Waals surface area contributed by atoms with Crippen LogP contribution in [0, 0.1) is 0 Å². The molecule has 20 heavy (non-hydrogen) atoms. The molecule has 4 heteroatoms. The summed E-state index contributed by atoms with van der Waals surface area (Å²) < 4.78 is 8.14. The number of benzene rings is 1. The van der Waals surface area contributed by atoms with Gasteiger partial charge in [-0.25, -0.2) is 4.98 Å². The Morgan fingerprint density at radius 3 is 2.60 bits per heavy atom. The van der Waals surface area contributed by atoms with E-state index in [1.165, 1.54) is 5.56 Å². The van der Waals surface area contributed by atoms with E-state index < -0.39 is 0 Å². The molecule has 1 aromatic heterocycles.